The first kappa shape index (κ1) is 13.2. The fraction of sp³-hybridized carbons (Fsp3) is 0.353. The second-order valence-corrected chi connectivity index (χ2v) is 6.00. The lowest BCUT2D eigenvalue weighted by atomic mass is 10.2. The van der Waals surface area contributed by atoms with Gasteiger partial charge < -0.3 is 9.88 Å². The average Bonchev–Trinajstić information content (AvgIpc) is 3.30. The maximum Gasteiger partial charge on any atom is 0.223 e. The molecule has 1 aliphatic carbocycles. The number of anilines is 1. The minimum absolute atomic E-state index is 0.666. The van der Waals surface area contributed by atoms with Gasteiger partial charge in [0, 0.05) is 31.4 Å². The maximum absolute atomic E-state index is 4.81. The molecule has 0 aliphatic heterocycles. The van der Waals surface area contributed by atoms with Crippen LogP contribution in [0.1, 0.15) is 35.8 Å². The standard InChI is InChI=1S/C17H19N5/c1-11-7-8-18-17(20-11)19-10-12-3-6-15-14(9-12)21-16(22(15)2)13-4-5-13/h3,6-9,13H,4-5,10H2,1-2H3,(H,18,19,20). The number of aromatic nitrogens is 4. The second kappa shape index (κ2) is 5.09. The highest BCUT2D eigenvalue weighted by Gasteiger charge is 2.28. The summed E-state index contributed by atoms with van der Waals surface area (Å²) in [6.07, 6.45) is 4.32. The maximum atomic E-state index is 4.81. The van der Waals surface area contributed by atoms with Gasteiger partial charge in [0.2, 0.25) is 5.95 Å². The number of rotatable bonds is 4. The summed E-state index contributed by atoms with van der Waals surface area (Å²) in [5.74, 6) is 2.56. The van der Waals surface area contributed by atoms with E-state index in [0.29, 0.717) is 18.4 Å². The average molecular weight is 293 g/mol. The largest absolute Gasteiger partial charge is 0.350 e. The SMILES string of the molecule is Cc1ccnc(NCc2ccc3c(c2)nc(C2CC2)n3C)n1. The van der Waals surface area contributed by atoms with Crippen molar-refractivity contribution in [3.8, 4) is 0 Å². The third kappa shape index (κ3) is 2.43. The minimum Gasteiger partial charge on any atom is -0.350 e. The molecule has 0 bridgehead atoms. The van der Waals surface area contributed by atoms with Crippen molar-refractivity contribution < 1.29 is 0 Å². The predicted molar refractivity (Wildman–Crippen MR) is 86.8 cm³/mol. The second-order valence-electron chi connectivity index (χ2n) is 6.00. The number of imidazole rings is 1. The smallest absolute Gasteiger partial charge is 0.223 e. The van der Waals surface area contributed by atoms with E-state index >= 15 is 0 Å². The first-order valence-corrected chi connectivity index (χ1v) is 7.69. The van der Waals surface area contributed by atoms with Gasteiger partial charge in [-0.15, -0.1) is 0 Å². The zero-order valence-electron chi connectivity index (χ0n) is 12.9. The van der Waals surface area contributed by atoms with Crippen molar-refractivity contribution in [1.82, 2.24) is 19.5 Å². The Labute approximate surface area is 129 Å². The van der Waals surface area contributed by atoms with E-state index < -0.39 is 0 Å². The van der Waals surface area contributed by atoms with Gasteiger partial charge in [0.1, 0.15) is 5.82 Å². The summed E-state index contributed by atoms with van der Waals surface area (Å²) in [5, 5.41) is 3.27. The van der Waals surface area contributed by atoms with Gasteiger partial charge in [0.25, 0.3) is 0 Å². The van der Waals surface area contributed by atoms with Gasteiger partial charge in [-0.25, -0.2) is 15.0 Å². The van der Waals surface area contributed by atoms with Crippen molar-refractivity contribution in [2.45, 2.75) is 32.2 Å². The van der Waals surface area contributed by atoms with Gasteiger partial charge in [0.05, 0.1) is 11.0 Å². The molecule has 112 valence electrons. The van der Waals surface area contributed by atoms with Crippen LogP contribution in [0, 0.1) is 6.92 Å². The van der Waals surface area contributed by atoms with Gasteiger partial charge in [-0.2, -0.15) is 0 Å². The summed E-state index contributed by atoms with van der Waals surface area (Å²) in [7, 11) is 2.11. The Morgan fingerprint density at radius 2 is 2.09 bits per heavy atom. The molecule has 3 aromatic rings. The quantitative estimate of drug-likeness (QED) is 0.803. The molecule has 1 aromatic carbocycles. The summed E-state index contributed by atoms with van der Waals surface area (Å²) in [6, 6.07) is 8.35. The Balaban J connectivity index is 1.57. The van der Waals surface area contributed by atoms with Crippen molar-refractivity contribution in [2.75, 3.05) is 5.32 Å². The lowest BCUT2D eigenvalue weighted by molar-refractivity contribution is 0.820. The first-order valence-electron chi connectivity index (χ1n) is 7.69. The van der Waals surface area contributed by atoms with Crippen LogP contribution >= 0.6 is 0 Å². The molecule has 1 N–H and O–H groups in total. The molecule has 2 aromatic heterocycles. The van der Waals surface area contributed by atoms with E-state index in [-0.39, 0.29) is 0 Å². The molecule has 0 unspecified atom stereocenters. The molecule has 1 saturated carbocycles. The number of benzene rings is 1. The van der Waals surface area contributed by atoms with Crippen molar-refractivity contribution >= 4 is 17.0 Å². The van der Waals surface area contributed by atoms with Crippen LogP contribution in [-0.2, 0) is 13.6 Å². The van der Waals surface area contributed by atoms with Crippen molar-refractivity contribution in [3.63, 3.8) is 0 Å². The molecular formula is C17H19N5. The molecule has 0 radical (unpaired) electrons. The van der Waals surface area contributed by atoms with Crippen LogP contribution in [0.3, 0.4) is 0 Å². The first-order chi connectivity index (χ1) is 10.7. The number of hydrogen-bond donors (Lipinski definition) is 1. The summed E-state index contributed by atoms with van der Waals surface area (Å²) < 4.78 is 2.23. The summed E-state index contributed by atoms with van der Waals surface area (Å²) >= 11 is 0. The molecule has 22 heavy (non-hydrogen) atoms. The zero-order chi connectivity index (χ0) is 15.1. The van der Waals surface area contributed by atoms with Crippen LogP contribution in [0.4, 0.5) is 5.95 Å². The third-order valence-corrected chi connectivity index (χ3v) is 4.17. The zero-order valence-corrected chi connectivity index (χ0v) is 12.9. The molecule has 0 amide bonds. The fourth-order valence-corrected chi connectivity index (χ4v) is 2.80. The van der Waals surface area contributed by atoms with Gasteiger partial charge in [-0.05, 0) is 43.5 Å². The molecule has 5 heteroatoms. The summed E-state index contributed by atoms with van der Waals surface area (Å²) in [5.41, 5.74) is 4.44. The Morgan fingerprint density at radius 1 is 1.23 bits per heavy atom. The summed E-state index contributed by atoms with van der Waals surface area (Å²) in [6.45, 7) is 2.67. The van der Waals surface area contributed by atoms with E-state index in [2.05, 4.69) is 45.1 Å². The van der Waals surface area contributed by atoms with Crippen molar-refractivity contribution in [2.24, 2.45) is 7.05 Å². The van der Waals surface area contributed by atoms with Gasteiger partial charge in [-0.3, -0.25) is 0 Å². The highest BCUT2D eigenvalue weighted by molar-refractivity contribution is 5.77. The molecule has 4 rings (SSSR count). The highest BCUT2D eigenvalue weighted by atomic mass is 15.1. The van der Waals surface area contributed by atoms with E-state index in [9.17, 15) is 0 Å². The topological polar surface area (TPSA) is 55.6 Å². The van der Waals surface area contributed by atoms with Crippen LogP contribution in [0.2, 0.25) is 0 Å². The molecule has 2 heterocycles. The summed E-state index contributed by atoms with van der Waals surface area (Å²) in [4.78, 5) is 13.4. The van der Waals surface area contributed by atoms with Gasteiger partial charge in [0.15, 0.2) is 0 Å². The lowest BCUT2D eigenvalue weighted by Crippen LogP contribution is -2.03. The van der Waals surface area contributed by atoms with E-state index in [1.165, 1.54) is 29.7 Å². The monoisotopic (exact) mass is 293 g/mol. The number of aryl methyl sites for hydroxylation is 2. The van der Waals surface area contributed by atoms with E-state index in [1.807, 2.05) is 13.0 Å². The van der Waals surface area contributed by atoms with Crippen molar-refractivity contribution in [3.05, 3.63) is 47.5 Å². The van der Waals surface area contributed by atoms with Crippen LogP contribution in [-0.4, -0.2) is 19.5 Å². The molecule has 5 nitrogen and oxygen atoms in total. The van der Waals surface area contributed by atoms with Gasteiger partial charge >= 0.3 is 0 Å². The van der Waals surface area contributed by atoms with E-state index in [1.54, 1.807) is 6.20 Å². The predicted octanol–water partition coefficient (Wildman–Crippen LogP) is 3.16. The number of hydrogen-bond acceptors (Lipinski definition) is 4. The van der Waals surface area contributed by atoms with Crippen LogP contribution in [0.15, 0.2) is 30.5 Å². The minimum atomic E-state index is 0.666. The van der Waals surface area contributed by atoms with E-state index in [0.717, 1.165) is 11.2 Å². The fourth-order valence-electron chi connectivity index (χ4n) is 2.80. The molecular weight excluding hydrogens is 274 g/mol. The third-order valence-electron chi connectivity index (χ3n) is 4.17. The molecule has 1 aliphatic rings. The van der Waals surface area contributed by atoms with Crippen LogP contribution in [0.5, 0.6) is 0 Å². The highest BCUT2D eigenvalue weighted by Crippen LogP contribution is 2.40. The lowest BCUT2D eigenvalue weighted by Gasteiger charge is -2.05. The van der Waals surface area contributed by atoms with Gasteiger partial charge in [-0.1, -0.05) is 6.07 Å². The number of nitrogens with zero attached hydrogens (tertiary/aromatic N) is 4. The molecule has 0 saturated heterocycles. The van der Waals surface area contributed by atoms with Crippen molar-refractivity contribution in [1.29, 1.82) is 0 Å². The van der Waals surface area contributed by atoms with E-state index in [4.69, 9.17) is 4.98 Å². The Kier molecular flexibility index (Phi) is 3.06. The Bertz CT molecular complexity index is 832. The normalized spacial score (nSPS) is 14.5. The number of fused-ring (bicyclic) bond motifs is 1. The molecule has 1 fully saturated rings. The number of nitrogens with one attached hydrogen (secondary N) is 1. The van der Waals surface area contributed by atoms with Crippen LogP contribution < -0.4 is 5.32 Å². The van der Waals surface area contributed by atoms with Crippen LogP contribution in [0.25, 0.3) is 11.0 Å². The molecule has 0 spiro atoms. The molecule has 0 atom stereocenters. The Morgan fingerprint density at radius 3 is 2.86 bits per heavy atom. The Hall–Kier alpha value is -2.43.